The monoisotopic (exact) mass is 583 g/mol. The van der Waals surface area contributed by atoms with Gasteiger partial charge in [0.25, 0.3) is 0 Å². The largest absolute Gasteiger partial charge is 0.542 e. The number of carboxylic acid groups (broad SMARTS) is 1. The maximum Gasteiger partial charge on any atom is 0.430 e. The minimum absolute atomic E-state index is 0.174. The summed E-state index contributed by atoms with van der Waals surface area (Å²) in [5, 5.41) is 8.78. The molecule has 1 heterocycles. The number of ether oxygens (including phenoxy) is 6. The lowest BCUT2D eigenvalue weighted by Gasteiger charge is -2.43. The van der Waals surface area contributed by atoms with Crippen LogP contribution in [0.3, 0.4) is 0 Å². The van der Waals surface area contributed by atoms with Crippen molar-refractivity contribution in [3.8, 4) is 12.3 Å². The van der Waals surface area contributed by atoms with Crippen molar-refractivity contribution in [2.75, 3.05) is 40.9 Å². The number of alkyl halides is 3. The Morgan fingerprint density at radius 3 is 1.82 bits per heavy atom. The molecule has 1 aliphatic rings. The van der Waals surface area contributed by atoms with Crippen LogP contribution >= 0.6 is 0 Å². The lowest BCUT2D eigenvalue weighted by Crippen LogP contribution is -2.62. The number of hydrogen-bond acceptors (Lipinski definition) is 12. The first-order valence-electron chi connectivity index (χ1n) is 11.3. The molecule has 1 aliphatic heterocycles. The normalized spacial score (nSPS) is 22.4. The highest BCUT2D eigenvalue weighted by Gasteiger charge is 2.52. The second-order valence-electron chi connectivity index (χ2n) is 8.94. The number of hydrogen-bond donors (Lipinski definition) is 0. The Bertz CT molecular complexity index is 989. The highest BCUT2D eigenvalue weighted by Crippen LogP contribution is 2.29. The van der Waals surface area contributed by atoms with E-state index < -0.39 is 66.7 Å². The molecule has 226 valence electrons. The molecule has 13 nitrogen and oxygen atoms in total. The van der Waals surface area contributed by atoms with Crippen molar-refractivity contribution in [2.45, 2.75) is 57.7 Å². The van der Waals surface area contributed by atoms with Crippen molar-refractivity contribution in [3.63, 3.8) is 0 Å². The Morgan fingerprint density at radius 1 is 0.975 bits per heavy atom. The van der Waals surface area contributed by atoms with Crippen LogP contribution in [0, 0.1) is 12.3 Å². The van der Waals surface area contributed by atoms with Gasteiger partial charge in [0.05, 0.1) is 19.7 Å². The van der Waals surface area contributed by atoms with Gasteiger partial charge in [-0.15, -0.1) is 6.42 Å². The average molecular weight is 584 g/mol. The third-order valence-electron chi connectivity index (χ3n) is 4.77. The van der Waals surface area contributed by atoms with Gasteiger partial charge in [0.1, 0.15) is 31.8 Å². The highest BCUT2D eigenvalue weighted by atomic mass is 19.4. The Hall–Kier alpha value is -3.68. The Kier molecular flexibility index (Phi) is 14.3. The van der Waals surface area contributed by atoms with Crippen LogP contribution in [-0.4, -0.2) is 112 Å². The molecule has 0 N–H and O–H groups in total. The molecule has 0 aromatic heterocycles. The third-order valence-corrected chi connectivity index (χ3v) is 4.77. The van der Waals surface area contributed by atoms with Gasteiger partial charge in [-0.1, -0.05) is 6.58 Å². The summed E-state index contributed by atoms with van der Waals surface area (Å²) in [4.78, 5) is 56.3. The molecule has 0 aromatic carbocycles. The molecule has 0 aromatic rings. The molecular formula is C24H32F3NO12. The highest BCUT2D eigenvalue weighted by molar-refractivity contribution is 5.88. The number of nitrogens with zero attached hydrogens (tertiary/aromatic N) is 1. The van der Waals surface area contributed by atoms with Crippen LogP contribution < -0.4 is 5.11 Å². The SMILES string of the molecule is C#CC[N+](C)(C)CC(=C)C(=O)OC[C@H]1O[C@H](OC)[C@H](OC(C)=O)[C@@H](OC(C)=O)[C@@H]1OC(C)=O.O=C([O-])C(F)(F)F. The summed E-state index contributed by atoms with van der Waals surface area (Å²) in [5.41, 5.74) is 0.174. The molecule has 0 saturated carbocycles. The summed E-state index contributed by atoms with van der Waals surface area (Å²) in [6.45, 7) is 7.42. The molecule has 1 fully saturated rings. The lowest BCUT2D eigenvalue weighted by molar-refractivity contribution is -0.878. The molecule has 0 spiro atoms. The van der Waals surface area contributed by atoms with Crippen molar-refractivity contribution in [2.24, 2.45) is 0 Å². The summed E-state index contributed by atoms with van der Waals surface area (Å²) in [6, 6.07) is 0. The maximum atomic E-state index is 12.5. The Morgan fingerprint density at radius 2 is 1.43 bits per heavy atom. The number of rotatable bonds is 10. The van der Waals surface area contributed by atoms with Gasteiger partial charge in [-0.05, 0) is 5.92 Å². The Labute approximate surface area is 228 Å². The summed E-state index contributed by atoms with van der Waals surface area (Å²) >= 11 is 0. The van der Waals surface area contributed by atoms with Gasteiger partial charge in [-0.25, -0.2) is 4.79 Å². The van der Waals surface area contributed by atoms with E-state index in [4.69, 9.17) is 44.7 Å². The van der Waals surface area contributed by atoms with Gasteiger partial charge in [0.15, 0.2) is 24.6 Å². The second kappa shape index (κ2) is 15.8. The topological polar surface area (TPSA) is 164 Å². The minimum Gasteiger partial charge on any atom is -0.542 e. The zero-order valence-electron chi connectivity index (χ0n) is 22.8. The molecule has 1 rings (SSSR count). The van der Waals surface area contributed by atoms with Crippen LogP contribution in [0.15, 0.2) is 12.2 Å². The predicted molar refractivity (Wildman–Crippen MR) is 124 cm³/mol. The lowest BCUT2D eigenvalue weighted by atomic mass is 9.98. The predicted octanol–water partition coefficient (Wildman–Crippen LogP) is -0.740. The number of quaternary nitrogens is 1. The standard InChI is InChI=1S/C22H32NO10.C2HF3O2/c1-9-10-23(6,7)11-13(2)21(27)29-12-17-18(30-14(3)24)19(31-15(4)25)20(32-16(5)26)22(28-8)33-17;3-2(4,5)1(6)7/h1,17-20,22H,2,10-12H2,3-8H3;(H,6,7)/q+1;/p-1/t17-,18-,19+,20-,22+;/m1./s1. The number of carbonyl (C=O) groups is 5. The van der Waals surface area contributed by atoms with Crippen LogP contribution in [0.4, 0.5) is 13.2 Å². The van der Waals surface area contributed by atoms with Crippen LogP contribution in [0.2, 0.25) is 0 Å². The van der Waals surface area contributed by atoms with E-state index in [0.717, 1.165) is 20.8 Å². The third kappa shape index (κ3) is 12.9. The van der Waals surface area contributed by atoms with Gasteiger partial charge < -0.3 is 42.8 Å². The fourth-order valence-electron chi connectivity index (χ4n) is 3.32. The molecule has 16 heteroatoms. The molecule has 0 bridgehead atoms. The minimum atomic E-state index is -5.19. The van der Waals surface area contributed by atoms with Crippen LogP contribution in [-0.2, 0) is 52.4 Å². The molecule has 0 amide bonds. The number of carboxylic acids is 1. The van der Waals surface area contributed by atoms with E-state index in [1.165, 1.54) is 7.11 Å². The Balaban J connectivity index is 0.00000191. The van der Waals surface area contributed by atoms with Gasteiger partial charge in [-0.3, -0.25) is 14.4 Å². The van der Waals surface area contributed by atoms with Gasteiger partial charge in [0, 0.05) is 27.9 Å². The second-order valence-corrected chi connectivity index (χ2v) is 8.94. The zero-order valence-corrected chi connectivity index (χ0v) is 22.8. The molecule has 40 heavy (non-hydrogen) atoms. The van der Waals surface area contributed by atoms with E-state index in [2.05, 4.69) is 12.5 Å². The van der Waals surface area contributed by atoms with Crippen molar-refractivity contribution < 1.29 is 75.2 Å². The fourth-order valence-corrected chi connectivity index (χ4v) is 3.32. The van der Waals surface area contributed by atoms with Crippen LogP contribution in [0.5, 0.6) is 0 Å². The molecule has 0 unspecified atom stereocenters. The van der Waals surface area contributed by atoms with Crippen molar-refractivity contribution in [3.05, 3.63) is 12.2 Å². The molecule has 0 radical (unpaired) electrons. The molecule has 5 atom stereocenters. The van der Waals surface area contributed by atoms with E-state index >= 15 is 0 Å². The first kappa shape index (κ1) is 36.3. The van der Waals surface area contributed by atoms with Crippen molar-refractivity contribution in [1.29, 1.82) is 0 Å². The fraction of sp³-hybridized carbons (Fsp3) is 0.625. The number of carbonyl (C=O) groups excluding carboxylic acids is 5. The molecular weight excluding hydrogens is 551 g/mol. The van der Waals surface area contributed by atoms with E-state index in [9.17, 15) is 32.3 Å². The number of likely N-dealkylation sites (N-methyl/N-ethyl adjacent to an activating group) is 1. The van der Waals surface area contributed by atoms with Gasteiger partial charge in [0.2, 0.25) is 0 Å². The summed E-state index contributed by atoms with van der Waals surface area (Å²) in [5.74, 6) is -3.31. The quantitative estimate of drug-likeness (QED) is 0.104. The summed E-state index contributed by atoms with van der Waals surface area (Å²) < 4.78 is 64.0. The van der Waals surface area contributed by atoms with Crippen LogP contribution in [0.1, 0.15) is 20.8 Å². The molecule has 0 aliphatic carbocycles. The number of esters is 4. The first-order chi connectivity index (χ1) is 18.2. The maximum absolute atomic E-state index is 12.5. The van der Waals surface area contributed by atoms with E-state index in [-0.39, 0.29) is 18.7 Å². The molecule has 1 saturated heterocycles. The summed E-state index contributed by atoms with van der Waals surface area (Å²) in [6.07, 6.45) is -5.90. The van der Waals surface area contributed by atoms with E-state index in [1.54, 1.807) is 0 Å². The number of terminal acetylenes is 1. The number of halogens is 3. The smallest absolute Gasteiger partial charge is 0.430 e. The van der Waals surface area contributed by atoms with E-state index in [0.29, 0.717) is 11.0 Å². The van der Waals surface area contributed by atoms with Crippen LogP contribution in [0.25, 0.3) is 0 Å². The number of methoxy groups -OCH3 is 1. The summed E-state index contributed by atoms with van der Waals surface area (Å²) in [7, 11) is 4.96. The number of aliphatic carboxylic acids is 1. The average Bonchev–Trinajstić information content (AvgIpc) is 2.78. The van der Waals surface area contributed by atoms with Crippen molar-refractivity contribution >= 4 is 29.8 Å². The van der Waals surface area contributed by atoms with Crippen molar-refractivity contribution in [1.82, 2.24) is 0 Å². The van der Waals surface area contributed by atoms with Gasteiger partial charge in [-0.2, -0.15) is 13.2 Å². The van der Waals surface area contributed by atoms with E-state index in [1.807, 2.05) is 14.1 Å². The zero-order chi connectivity index (χ0) is 31.4. The first-order valence-corrected chi connectivity index (χ1v) is 11.3. The van der Waals surface area contributed by atoms with Gasteiger partial charge >= 0.3 is 30.1 Å².